The Morgan fingerprint density at radius 1 is 1.24 bits per heavy atom. The second kappa shape index (κ2) is 9.13. The molecule has 0 unspecified atom stereocenters. The minimum absolute atomic E-state index is 0.198. The molecule has 0 saturated carbocycles. The maximum Gasteiger partial charge on any atom is 0.274 e. The third-order valence-corrected chi connectivity index (χ3v) is 3.80. The number of hydrogen-bond donors (Lipinski definition) is 1. The molecule has 1 N–H and O–H groups in total. The minimum Gasteiger partial charge on any atom is -0.392 e. The molecule has 0 bridgehead atoms. The fraction of sp³-hybridized carbons (Fsp3) is 0.421. The van der Waals surface area contributed by atoms with Crippen LogP contribution in [0.1, 0.15) is 42.7 Å². The molecule has 6 nitrogen and oxygen atoms in total. The van der Waals surface area contributed by atoms with Crippen molar-refractivity contribution in [1.29, 1.82) is 0 Å². The van der Waals surface area contributed by atoms with Gasteiger partial charge in [0.2, 0.25) is 0 Å². The monoisotopic (exact) mass is 343 g/mol. The van der Waals surface area contributed by atoms with Crippen molar-refractivity contribution in [3.8, 4) is 0 Å². The van der Waals surface area contributed by atoms with E-state index in [0.29, 0.717) is 13.1 Å². The summed E-state index contributed by atoms with van der Waals surface area (Å²) in [4.78, 5) is 26.3. The summed E-state index contributed by atoms with van der Waals surface area (Å²) >= 11 is 0. The molecule has 0 fully saturated rings. The molecule has 0 radical (unpaired) electrons. The number of hydrogen-bond acceptors (Lipinski definition) is 4. The van der Waals surface area contributed by atoms with Crippen molar-refractivity contribution in [3.63, 3.8) is 0 Å². The Hall–Kier alpha value is -2.47. The molecule has 0 spiro atoms. The van der Waals surface area contributed by atoms with E-state index in [4.69, 9.17) is 0 Å². The fourth-order valence-corrected chi connectivity index (χ4v) is 2.54. The van der Waals surface area contributed by atoms with Crippen molar-refractivity contribution < 1.29 is 9.90 Å². The van der Waals surface area contributed by atoms with Gasteiger partial charge >= 0.3 is 0 Å². The number of aliphatic hydroxyl groups excluding tert-OH is 1. The van der Waals surface area contributed by atoms with E-state index in [0.717, 1.165) is 18.4 Å². The van der Waals surface area contributed by atoms with Crippen molar-refractivity contribution in [2.75, 3.05) is 6.54 Å². The van der Waals surface area contributed by atoms with Crippen LogP contribution >= 0.6 is 0 Å². The highest BCUT2D eigenvalue weighted by atomic mass is 16.3. The molecule has 2 rings (SSSR count). The van der Waals surface area contributed by atoms with Crippen molar-refractivity contribution >= 4 is 5.91 Å². The van der Waals surface area contributed by atoms with Gasteiger partial charge < -0.3 is 10.0 Å². The first-order chi connectivity index (χ1) is 12.0. The van der Waals surface area contributed by atoms with Gasteiger partial charge in [0, 0.05) is 25.7 Å². The molecule has 1 aromatic carbocycles. The topological polar surface area (TPSA) is 75.4 Å². The van der Waals surface area contributed by atoms with Crippen LogP contribution < -0.4 is 5.56 Å². The Morgan fingerprint density at radius 2 is 1.96 bits per heavy atom. The van der Waals surface area contributed by atoms with Gasteiger partial charge in [-0.2, -0.15) is 5.10 Å². The highest BCUT2D eigenvalue weighted by molar-refractivity contribution is 5.92. The summed E-state index contributed by atoms with van der Waals surface area (Å²) in [6.45, 7) is 4.74. The van der Waals surface area contributed by atoms with Gasteiger partial charge in [-0.3, -0.25) is 9.59 Å². The molecule has 6 heteroatoms. The van der Waals surface area contributed by atoms with Crippen LogP contribution in [0, 0.1) is 0 Å². The lowest BCUT2D eigenvalue weighted by Crippen LogP contribution is -2.37. The number of carbonyl (C=O) groups is 1. The summed E-state index contributed by atoms with van der Waals surface area (Å²) in [5, 5.41) is 14.0. The summed E-state index contributed by atoms with van der Waals surface area (Å²) in [5.41, 5.74) is 0.971. The van der Waals surface area contributed by atoms with Crippen LogP contribution in [0.4, 0.5) is 0 Å². The van der Waals surface area contributed by atoms with Gasteiger partial charge in [-0.05, 0) is 25.0 Å². The van der Waals surface area contributed by atoms with Gasteiger partial charge in [0.05, 0.1) is 6.10 Å². The molecule has 0 aliphatic rings. The lowest BCUT2D eigenvalue weighted by atomic mass is 10.2. The first-order valence-corrected chi connectivity index (χ1v) is 8.60. The molecular formula is C19H25N3O3. The average Bonchev–Trinajstić information content (AvgIpc) is 2.60. The van der Waals surface area contributed by atoms with E-state index < -0.39 is 6.10 Å². The number of aliphatic hydroxyl groups is 1. The van der Waals surface area contributed by atoms with Crippen molar-refractivity contribution in [3.05, 3.63) is 64.1 Å². The molecule has 1 aromatic heterocycles. The van der Waals surface area contributed by atoms with Crippen LogP contribution in [-0.2, 0) is 13.1 Å². The maximum atomic E-state index is 12.9. The van der Waals surface area contributed by atoms with Crippen molar-refractivity contribution in [2.24, 2.45) is 0 Å². The molecular weight excluding hydrogens is 318 g/mol. The second-order valence-corrected chi connectivity index (χ2v) is 6.15. The lowest BCUT2D eigenvalue weighted by molar-refractivity contribution is 0.0622. The number of nitrogens with zero attached hydrogens (tertiary/aromatic N) is 3. The van der Waals surface area contributed by atoms with Gasteiger partial charge in [-0.1, -0.05) is 43.7 Å². The summed E-state index contributed by atoms with van der Waals surface area (Å²) in [7, 11) is 0. The SMILES string of the molecule is CCCCn1nc(C(=O)N(Cc2ccccc2)C[C@H](C)O)ccc1=O. The number of amides is 1. The Balaban J connectivity index is 2.24. The molecule has 0 saturated heterocycles. The molecule has 0 aliphatic heterocycles. The Bertz CT molecular complexity index is 741. The molecule has 25 heavy (non-hydrogen) atoms. The first-order valence-electron chi connectivity index (χ1n) is 8.60. The van der Waals surface area contributed by atoms with E-state index in [1.54, 1.807) is 11.8 Å². The number of aromatic nitrogens is 2. The number of unbranched alkanes of at least 4 members (excludes halogenated alkanes) is 1. The number of aryl methyl sites for hydroxylation is 1. The fourth-order valence-electron chi connectivity index (χ4n) is 2.54. The largest absolute Gasteiger partial charge is 0.392 e. The van der Waals surface area contributed by atoms with E-state index in [1.807, 2.05) is 37.3 Å². The van der Waals surface area contributed by atoms with Crippen LogP contribution in [-0.4, -0.2) is 38.3 Å². The Kier molecular flexibility index (Phi) is 6.89. The van der Waals surface area contributed by atoms with Crippen LogP contribution in [0.25, 0.3) is 0 Å². The second-order valence-electron chi connectivity index (χ2n) is 6.15. The summed E-state index contributed by atoms with van der Waals surface area (Å²) in [5.74, 6) is -0.296. The molecule has 134 valence electrons. The number of carbonyl (C=O) groups excluding carboxylic acids is 1. The van der Waals surface area contributed by atoms with Crippen LogP contribution in [0.5, 0.6) is 0 Å². The standard InChI is InChI=1S/C19H25N3O3/c1-3-4-12-22-18(24)11-10-17(20-22)19(25)21(13-15(2)23)14-16-8-6-5-7-9-16/h5-11,15,23H,3-4,12-14H2,1-2H3/t15-/m0/s1. The summed E-state index contributed by atoms with van der Waals surface area (Å²) in [6.07, 6.45) is 1.11. The van der Waals surface area contributed by atoms with Crippen LogP contribution in [0.15, 0.2) is 47.3 Å². The number of rotatable bonds is 8. The van der Waals surface area contributed by atoms with Gasteiger partial charge in [0.25, 0.3) is 11.5 Å². The molecule has 2 aromatic rings. The lowest BCUT2D eigenvalue weighted by Gasteiger charge is -2.24. The zero-order valence-corrected chi connectivity index (χ0v) is 14.8. The average molecular weight is 343 g/mol. The maximum absolute atomic E-state index is 12.9. The normalized spacial score (nSPS) is 12.0. The predicted molar refractivity (Wildman–Crippen MR) is 96.3 cm³/mol. The van der Waals surface area contributed by atoms with E-state index >= 15 is 0 Å². The van der Waals surface area contributed by atoms with E-state index in [-0.39, 0.29) is 23.7 Å². The minimum atomic E-state index is -0.654. The van der Waals surface area contributed by atoms with E-state index in [1.165, 1.54) is 16.8 Å². The predicted octanol–water partition coefficient (Wildman–Crippen LogP) is 2.07. The van der Waals surface area contributed by atoms with Gasteiger partial charge in [-0.25, -0.2) is 4.68 Å². The van der Waals surface area contributed by atoms with Gasteiger partial charge in [-0.15, -0.1) is 0 Å². The molecule has 1 atom stereocenters. The smallest absolute Gasteiger partial charge is 0.274 e. The molecule has 1 heterocycles. The zero-order chi connectivity index (χ0) is 18.2. The van der Waals surface area contributed by atoms with E-state index in [9.17, 15) is 14.7 Å². The van der Waals surface area contributed by atoms with Crippen LogP contribution in [0.3, 0.4) is 0 Å². The highest BCUT2D eigenvalue weighted by Gasteiger charge is 2.20. The zero-order valence-electron chi connectivity index (χ0n) is 14.8. The van der Waals surface area contributed by atoms with E-state index in [2.05, 4.69) is 5.10 Å². The van der Waals surface area contributed by atoms with Gasteiger partial charge in [0.1, 0.15) is 5.69 Å². The third kappa shape index (κ3) is 5.53. The summed E-state index contributed by atoms with van der Waals surface area (Å²) < 4.78 is 1.33. The van der Waals surface area contributed by atoms with Crippen LogP contribution in [0.2, 0.25) is 0 Å². The summed E-state index contributed by atoms with van der Waals surface area (Å²) in [6, 6.07) is 12.4. The Morgan fingerprint density at radius 3 is 2.60 bits per heavy atom. The Labute approximate surface area is 147 Å². The number of benzene rings is 1. The molecule has 0 aliphatic carbocycles. The van der Waals surface area contributed by atoms with Gasteiger partial charge in [0.15, 0.2) is 0 Å². The highest BCUT2D eigenvalue weighted by Crippen LogP contribution is 2.09. The van der Waals surface area contributed by atoms with Crippen molar-refractivity contribution in [1.82, 2.24) is 14.7 Å². The first kappa shape index (κ1) is 18.9. The molecule has 1 amide bonds. The quantitative estimate of drug-likeness (QED) is 0.796. The van der Waals surface area contributed by atoms with Crippen molar-refractivity contribution in [2.45, 2.75) is 45.9 Å². The third-order valence-electron chi connectivity index (χ3n) is 3.80.